The van der Waals surface area contributed by atoms with E-state index in [9.17, 15) is 14.4 Å². The van der Waals surface area contributed by atoms with Crippen LogP contribution in [-0.2, 0) is 35.5 Å². The Morgan fingerprint density at radius 1 is 0.889 bits per heavy atom. The van der Waals surface area contributed by atoms with Crippen molar-refractivity contribution in [2.75, 3.05) is 13.7 Å². The minimum atomic E-state index is -1.05. The summed E-state index contributed by atoms with van der Waals surface area (Å²) in [6, 6.07) is 24.1. The molecular weight excluding hydrogens is 612 g/mol. The van der Waals surface area contributed by atoms with Gasteiger partial charge in [0.15, 0.2) is 0 Å². The highest BCUT2D eigenvalue weighted by molar-refractivity contribution is 7.12. The Labute approximate surface area is 272 Å². The van der Waals surface area contributed by atoms with E-state index < -0.39 is 24.1 Å². The molecule has 0 aliphatic rings. The van der Waals surface area contributed by atoms with Crippen molar-refractivity contribution in [3.05, 3.63) is 118 Å². The lowest BCUT2D eigenvalue weighted by Gasteiger charge is -2.31. The summed E-state index contributed by atoms with van der Waals surface area (Å²) >= 11 is 7.28. The van der Waals surface area contributed by atoms with Crippen LogP contribution >= 0.6 is 22.9 Å². The number of nitrogens with zero attached hydrogens (tertiary/aromatic N) is 1. The van der Waals surface area contributed by atoms with E-state index in [4.69, 9.17) is 26.8 Å². The SMILES string of the molecule is CCOc1ccc(C[C@@H](NC(=O)Oc2sccc2Cl)C(=O)N(C)[C@@H](Cc2ccccc2)C(=O)NCc2ccc(CN)cc2)cc1. The van der Waals surface area contributed by atoms with E-state index >= 15 is 0 Å². The molecule has 1 heterocycles. The molecule has 0 unspecified atom stereocenters. The van der Waals surface area contributed by atoms with Crippen LogP contribution in [0.3, 0.4) is 0 Å². The van der Waals surface area contributed by atoms with Gasteiger partial charge >= 0.3 is 6.09 Å². The third-order valence-electron chi connectivity index (χ3n) is 7.15. The van der Waals surface area contributed by atoms with Crippen LogP contribution in [0.25, 0.3) is 0 Å². The van der Waals surface area contributed by atoms with Crippen molar-refractivity contribution in [2.24, 2.45) is 5.73 Å². The van der Waals surface area contributed by atoms with Gasteiger partial charge in [0.1, 0.15) is 17.8 Å². The Kier molecular flexibility index (Phi) is 12.4. The molecule has 0 radical (unpaired) electrons. The van der Waals surface area contributed by atoms with Crippen LogP contribution in [0.15, 0.2) is 90.3 Å². The highest BCUT2D eigenvalue weighted by Gasteiger charge is 2.33. The monoisotopic (exact) mass is 648 g/mol. The lowest BCUT2D eigenvalue weighted by Crippen LogP contribution is -2.56. The summed E-state index contributed by atoms with van der Waals surface area (Å²) in [4.78, 5) is 42.1. The van der Waals surface area contributed by atoms with Gasteiger partial charge in [-0.15, -0.1) is 11.3 Å². The lowest BCUT2D eigenvalue weighted by atomic mass is 10.0. The van der Waals surface area contributed by atoms with Crippen LogP contribution in [0, 0.1) is 0 Å². The summed E-state index contributed by atoms with van der Waals surface area (Å²) in [5, 5.41) is 7.88. The highest BCUT2D eigenvalue weighted by atomic mass is 35.5. The molecule has 0 spiro atoms. The average Bonchev–Trinajstić information content (AvgIpc) is 3.46. The van der Waals surface area contributed by atoms with Crippen LogP contribution in [0.2, 0.25) is 5.02 Å². The van der Waals surface area contributed by atoms with Crippen molar-refractivity contribution in [2.45, 2.75) is 44.9 Å². The second kappa shape index (κ2) is 16.6. The fourth-order valence-corrected chi connectivity index (χ4v) is 5.62. The van der Waals surface area contributed by atoms with E-state index in [1.54, 1.807) is 30.6 Å². The number of carbonyl (C=O) groups is 3. The van der Waals surface area contributed by atoms with E-state index in [-0.39, 0.29) is 30.4 Å². The van der Waals surface area contributed by atoms with Gasteiger partial charge in [-0.1, -0.05) is 78.3 Å². The minimum Gasteiger partial charge on any atom is -0.494 e. The summed E-state index contributed by atoms with van der Waals surface area (Å²) < 4.78 is 10.9. The molecule has 236 valence electrons. The number of thiophene rings is 1. The van der Waals surface area contributed by atoms with Crippen molar-refractivity contribution in [3.63, 3.8) is 0 Å². The number of hydrogen-bond acceptors (Lipinski definition) is 7. The van der Waals surface area contributed by atoms with Crippen molar-refractivity contribution >= 4 is 40.8 Å². The van der Waals surface area contributed by atoms with Gasteiger partial charge < -0.3 is 30.7 Å². The van der Waals surface area contributed by atoms with Gasteiger partial charge in [-0.25, -0.2) is 4.79 Å². The largest absolute Gasteiger partial charge is 0.494 e. The van der Waals surface area contributed by atoms with Gasteiger partial charge in [-0.05, 0) is 52.8 Å². The van der Waals surface area contributed by atoms with E-state index in [1.165, 1.54) is 4.90 Å². The quantitative estimate of drug-likeness (QED) is 0.170. The first-order valence-corrected chi connectivity index (χ1v) is 15.8. The van der Waals surface area contributed by atoms with Crippen LogP contribution in [0.5, 0.6) is 10.8 Å². The molecule has 4 aromatic rings. The van der Waals surface area contributed by atoms with Crippen molar-refractivity contribution in [1.82, 2.24) is 15.5 Å². The summed E-state index contributed by atoms with van der Waals surface area (Å²) in [6.07, 6.45) is -0.413. The molecule has 0 bridgehead atoms. The summed E-state index contributed by atoms with van der Waals surface area (Å²) in [6.45, 7) is 3.12. The molecule has 0 saturated heterocycles. The summed E-state index contributed by atoms with van der Waals surface area (Å²) in [5.74, 6) is -0.0925. The molecular formula is C34H37ClN4O5S. The number of likely N-dealkylation sites (N-methyl/N-ethyl adjacent to an activating group) is 1. The molecule has 2 atom stereocenters. The van der Waals surface area contributed by atoms with Gasteiger partial charge in [-0.2, -0.15) is 0 Å². The number of carbonyl (C=O) groups excluding carboxylic acids is 3. The number of halogens is 1. The maximum absolute atomic E-state index is 14.1. The van der Waals surface area contributed by atoms with Crippen LogP contribution < -0.4 is 25.8 Å². The van der Waals surface area contributed by atoms with E-state index in [0.29, 0.717) is 23.9 Å². The second-order valence-corrected chi connectivity index (χ2v) is 11.6. The van der Waals surface area contributed by atoms with Crippen LogP contribution in [0.1, 0.15) is 29.2 Å². The van der Waals surface area contributed by atoms with Gasteiger partial charge in [0.25, 0.3) is 0 Å². The number of hydrogen-bond donors (Lipinski definition) is 3. The molecule has 3 aromatic carbocycles. The fraction of sp³-hybridized carbons (Fsp3) is 0.265. The maximum Gasteiger partial charge on any atom is 0.414 e. The predicted molar refractivity (Wildman–Crippen MR) is 176 cm³/mol. The maximum atomic E-state index is 14.1. The van der Waals surface area contributed by atoms with Crippen molar-refractivity contribution in [1.29, 1.82) is 0 Å². The normalized spacial score (nSPS) is 12.1. The van der Waals surface area contributed by atoms with Gasteiger partial charge in [0.05, 0.1) is 11.6 Å². The number of ether oxygens (including phenoxy) is 2. The van der Waals surface area contributed by atoms with Crippen LogP contribution in [-0.4, -0.2) is 48.5 Å². The Balaban J connectivity index is 1.56. The Morgan fingerprint density at radius 2 is 1.53 bits per heavy atom. The zero-order valence-electron chi connectivity index (χ0n) is 25.2. The fourth-order valence-electron chi connectivity index (χ4n) is 4.68. The predicted octanol–water partition coefficient (Wildman–Crippen LogP) is 5.34. The smallest absolute Gasteiger partial charge is 0.414 e. The molecule has 4 rings (SSSR count). The third kappa shape index (κ3) is 9.81. The molecule has 0 saturated carbocycles. The average molecular weight is 649 g/mol. The van der Waals surface area contributed by atoms with E-state index in [0.717, 1.165) is 33.6 Å². The molecule has 4 N–H and O–H groups in total. The first kappa shape index (κ1) is 33.5. The molecule has 45 heavy (non-hydrogen) atoms. The van der Waals surface area contributed by atoms with Gasteiger partial charge in [0, 0.05) is 33.0 Å². The number of benzene rings is 3. The Bertz CT molecular complexity index is 1550. The highest BCUT2D eigenvalue weighted by Crippen LogP contribution is 2.30. The zero-order valence-corrected chi connectivity index (χ0v) is 26.8. The number of nitrogens with two attached hydrogens (primary N) is 1. The third-order valence-corrected chi connectivity index (χ3v) is 8.35. The van der Waals surface area contributed by atoms with E-state index in [2.05, 4.69) is 10.6 Å². The van der Waals surface area contributed by atoms with Crippen molar-refractivity contribution in [3.8, 4) is 10.8 Å². The number of nitrogens with one attached hydrogen (secondary N) is 2. The molecule has 11 heteroatoms. The molecule has 9 nitrogen and oxygen atoms in total. The molecule has 1 aromatic heterocycles. The van der Waals surface area contributed by atoms with Gasteiger partial charge in [-0.3, -0.25) is 9.59 Å². The standard InChI is InChI=1S/C34H37ClN4O5S/c1-3-43-27-15-13-24(14-16-27)19-29(38-34(42)44-33-28(35)17-18-45-33)32(41)39(2)30(20-23-7-5-4-6-8-23)31(40)37-22-26-11-9-25(21-36)10-12-26/h4-18,29-30H,3,19-22,36H2,1-2H3,(H,37,40)(H,38,42)/t29-,30+/m1/s1. The lowest BCUT2D eigenvalue weighted by molar-refractivity contribution is -0.140. The van der Waals surface area contributed by atoms with Crippen LogP contribution in [0.4, 0.5) is 4.79 Å². The Hall–Kier alpha value is -4.38. The van der Waals surface area contributed by atoms with E-state index in [1.807, 2.05) is 73.7 Å². The summed E-state index contributed by atoms with van der Waals surface area (Å²) in [5.41, 5.74) is 9.26. The second-order valence-electron chi connectivity index (χ2n) is 10.3. The minimum absolute atomic E-state index is 0.149. The zero-order chi connectivity index (χ0) is 32.2. The Morgan fingerprint density at radius 3 is 2.16 bits per heavy atom. The molecule has 0 fully saturated rings. The number of amides is 3. The topological polar surface area (TPSA) is 123 Å². The van der Waals surface area contributed by atoms with Gasteiger partial charge in [0.2, 0.25) is 16.9 Å². The summed E-state index contributed by atoms with van der Waals surface area (Å²) in [7, 11) is 1.57. The van der Waals surface area contributed by atoms with Crippen molar-refractivity contribution < 1.29 is 23.9 Å². The number of rotatable bonds is 14. The molecule has 3 amide bonds. The molecule has 0 aliphatic heterocycles. The molecule has 0 aliphatic carbocycles. The first-order chi connectivity index (χ1) is 21.8. The first-order valence-electron chi connectivity index (χ1n) is 14.6.